The summed E-state index contributed by atoms with van der Waals surface area (Å²) in [7, 11) is 1.69. The summed E-state index contributed by atoms with van der Waals surface area (Å²) in [6.07, 6.45) is -0.887. The highest BCUT2D eigenvalue weighted by Gasteiger charge is 2.19. The molecular weight excluding hydrogens is 282 g/mol. The summed E-state index contributed by atoms with van der Waals surface area (Å²) in [5, 5.41) is 11.2. The zero-order chi connectivity index (χ0) is 12.6. The average Bonchev–Trinajstić information content (AvgIpc) is 2.57. The highest BCUT2D eigenvalue weighted by Crippen LogP contribution is 2.28. The first kappa shape index (κ1) is 12.7. The topological polar surface area (TPSA) is 38.0 Å². The Morgan fingerprint density at radius 1 is 1.18 bits per heavy atom. The van der Waals surface area contributed by atoms with E-state index >= 15 is 0 Å². The van der Waals surface area contributed by atoms with Crippen LogP contribution in [0.4, 0.5) is 0 Å². The van der Waals surface area contributed by atoms with Gasteiger partial charge in [-0.15, -0.1) is 0 Å². The van der Waals surface area contributed by atoms with E-state index in [1.807, 2.05) is 0 Å². The first-order valence-corrected chi connectivity index (χ1v) is 5.95. The molecular formula is C11H9Cl3N2O. The van der Waals surface area contributed by atoms with E-state index in [1.54, 1.807) is 35.9 Å². The smallest absolute Gasteiger partial charge is 0.166 e. The lowest BCUT2D eigenvalue weighted by molar-refractivity contribution is 0.206. The highest BCUT2D eigenvalue weighted by atomic mass is 35.5. The summed E-state index contributed by atoms with van der Waals surface area (Å²) >= 11 is 17.5. The molecule has 1 N–H and O–H groups in total. The van der Waals surface area contributed by atoms with Gasteiger partial charge >= 0.3 is 0 Å². The average molecular weight is 292 g/mol. The number of hydrogen-bond acceptors (Lipinski definition) is 2. The molecule has 0 radical (unpaired) electrons. The zero-order valence-electron chi connectivity index (χ0n) is 8.86. The van der Waals surface area contributed by atoms with Crippen LogP contribution in [0.15, 0.2) is 24.3 Å². The van der Waals surface area contributed by atoms with Crippen LogP contribution >= 0.6 is 34.8 Å². The summed E-state index contributed by atoms with van der Waals surface area (Å²) in [5.74, 6) is 0.391. The molecule has 1 heterocycles. The summed E-state index contributed by atoms with van der Waals surface area (Å²) < 4.78 is 1.54. The fraction of sp³-hybridized carbons (Fsp3) is 0.182. The number of hydrogen-bond donors (Lipinski definition) is 1. The minimum Gasteiger partial charge on any atom is -0.380 e. The van der Waals surface area contributed by atoms with Gasteiger partial charge in [-0.05, 0) is 17.7 Å². The van der Waals surface area contributed by atoms with E-state index in [0.29, 0.717) is 21.6 Å². The van der Waals surface area contributed by atoms with E-state index < -0.39 is 6.10 Å². The molecule has 2 aromatic rings. The summed E-state index contributed by atoms with van der Waals surface area (Å²) in [6, 6.07) is 6.85. The van der Waals surface area contributed by atoms with Gasteiger partial charge in [-0.3, -0.25) is 0 Å². The van der Waals surface area contributed by atoms with Gasteiger partial charge in [0.2, 0.25) is 0 Å². The molecule has 0 aliphatic heterocycles. The van der Waals surface area contributed by atoms with Crippen LogP contribution in [-0.4, -0.2) is 14.7 Å². The second kappa shape index (κ2) is 4.86. The van der Waals surface area contributed by atoms with Gasteiger partial charge in [0.1, 0.15) is 17.1 Å². The first-order chi connectivity index (χ1) is 8.00. The van der Waals surface area contributed by atoms with E-state index in [-0.39, 0.29) is 5.15 Å². The van der Waals surface area contributed by atoms with Crippen molar-refractivity contribution in [3.63, 3.8) is 0 Å². The van der Waals surface area contributed by atoms with Crippen LogP contribution in [0.2, 0.25) is 15.3 Å². The Bertz CT molecular complexity index is 536. The Morgan fingerprint density at radius 3 is 2.24 bits per heavy atom. The number of nitrogens with zero attached hydrogens (tertiary/aromatic N) is 2. The van der Waals surface area contributed by atoms with Gasteiger partial charge in [0.25, 0.3) is 0 Å². The lowest BCUT2D eigenvalue weighted by atomic mass is 10.1. The van der Waals surface area contributed by atoms with Crippen molar-refractivity contribution < 1.29 is 5.11 Å². The van der Waals surface area contributed by atoms with E-state index in [4.69, 9.17) is 34.8 Å². The molecule has 0 spiro atoms. The van der Waals surface area contributed by atoms with E-state index in [0.717, 1.165) is 0 Å². The van der Waals surface area contributed by atoms with Crippen molar-refractivity contribution in [1.82, 2.24) is 9.55 Å². The maximum Gasteiger partial charge on any atom is 0.166 e. The van der Waals surface area contributed by atoms with Crippen molar-refractivity contribution in [3.05, 3.63) is 51.0 Å². The Labute approximate surface area is 114 Å². The van der Waals surface area contributed by atoms with Crippen LogP contribution in [0.1, 0.15) is 17.5 Å². The maximum atomic E-state index is 10.2. The fourth-order valence-corrected chi connectivity index (χ4v) is 1.97. The Kier molecular flexibility index (Phi) is 3.64. The van der Waals surface area contributed by atoms with Crippen LogP contribution in [0, 0.1) is 0 Å². The summed E-state index contributed by atoms with van der Waals surface area (Å²) in [5.41, 5.74) is 0.677. The lowest BCUT2D eigenvalue weighted by Gasteiger charge is -2.10. The standard InChI is InChI=1S/C11H9Cl3N2O/c1-16-10(14)9(13)15-11(16)8(17)6-2-4-7(12)5-3-6/h2-5,8,17H,1H3/t8-/m1/s1. The quantitative estimate of drug-likeness (QED) is 0.920. The fourth-order valence-electron chi connectivity index (χ4n) is 1.50. The van der Waals surface area contributed by atoms with Crippen LogP contribution in [0.3, 0.4) is 0 Å². The predicted molar refractivity (Wildman–Crippen MR) is 68.7 cm³/mol. The van der Waals surface area contributed by atoms with Crippen LogP contribution in [-0.2, 0) is 7.05 Å². The van der Waals surface area contributed by atoms with Crippen LogP contribution < -0.4 is 0 Å². The van der Waals surface area contributed by atoms with E-state index in [2.05, 4.69) is 4.98 Å². The van der Waals surface area contributed by atoms with Gasteiger partial charge in [0.05, 0.1) is 0 Å². The molecule has 90 valence electrons. The highest BCUT2D eigenvalue weighted by molar-refractivity contribution is 6.40. The van der Waals surface area contributed by atoms with Crippen LogP contribution in [0.25, 0.3) is 0 Å². The van der Waals surface area contributed by atoms with Crippen molar-refractivity contribution in [2.45, 2.75) is 6.10 Å². The first-order valence-electron chi connectivity index (χ1n) is 4.82. The number of aliphatic hydroxyl groups excluding tert-OH is 1. The second-order valence-electron chi connectivity index (χ2n) is 3.56. The molecule has 0 saturated heterocycles. The molecule has 1 atom stereocenters. The zero-order valence-corrected chi connectivity index (χ0v) is 11.1. The lowest BCUT2D eigenvalue weighted by Crippen LogP contribution is -2.07. The van der Waals surface area contributed by atoms with E-state index in [9.17, 15) is 5.11 Å². The molecule has 17 heavy (non-hydrogen) atoms. The molecule has 0 aliphatic carbocycles. The number of aromatic nitrogens is 2. The van der Waals surface area contributed by atoms with Crippen molar-refractivity contribution in [1.29, 1.82) is 0 Å². The molecule has 0 fully saturated rings. The molecule has 6 heteroatoms. The van der Waals surface area contributed by atoms with Gasteiger partial charge in [0, 0.05) is 12.1 Å². The van der Waals surface area contributed by atoms with Crippen molar-refractivity contribution >= 4 is 34.8 Å². The molecule has 1 aromatic carbocycles. The second-order valence-corrected chi connectivity index (χ2v) is 4.72. The molecule has 3 nitrogen and oxygen atoms in total. The number of benzene rings is 1. The number of halogens is 3. The molecule has 0 bridgehead atoms. The number of rotatable bonds is 2. The summed E-state index contributed by atoms with van der Waals surface area (Å²) in [4.78, 5) is 4.02. The van der Waals surface area contributed by atoms with Gasteiger partial charge in [0.15, 0.2) is 5.15 Å². The number of imidazole rings is 1. The maximum absolute atomic E-state index is 10.2. The molecule has 0 unspecified atom stereocenters. The van der Waals surface area contributed by atoms with Crippen molar-refractivity contribution in [2.24, 2.45) is 7.05 Å². The normalized spacial score (nSPS) is 12.8. The van der Waals surface area contributed by atoms with Gasteiger partial charge in [-0.1, -0.05) is 46.9 Å². The van der Waals surface area contributed by atoms with Gasteiger partial charge in [-0.25, -0.2) is 4.98 Å². The Hall–Kier alpha value is -0.740. The minimum atomic E-state index is -0.887. The van der Waals surface area contributed by atoms with Gasteiger partial charge < -0.3 is 9.67 Å². The molecule has 2 rings (SSSR count). The third-order valence-corrected chi connectivity index (χ3v) is 3.50. The monoisotopic (exact) mass is 290 g/mol. The largest absolute Gasteiger partial charge is 0.380 e. The molecule has 1 aromatic heterocycles. The third-order valence-electron chi connectivity index (χ3n) is 2.45. The Morgan fingerprint density at radius 2 is 1.76 bits per heavy atom. The SMILES string of the molecule is Cn1c([C@H](O)c2ccc(Cl)cc2)nc(Cl)c1Cl. The van der Waals surface area contributed by atoms with Gasteiger partial charge in [-0.2, -0.15) is 0 Å². The van der Waals surface area contributed by atoms with Crippen LogP contribution in [0.5, 0.6) is 0 Å². The number of aliphatic hydroxyl groups is 1. The summed E-state index contributed by atoms with van der Waals surface area (Å²) in [6.45, 7) is 0. The predicted octanol–water partition coefficient (Wildman–Crippen LogP) is 3.46. The minimum absolute atomic E-state index is 0.178. The van der Waals surface area contributed by atoms with Crippen molar-refractivity contribution in [2.75, 3.05) is 0 Å². The van der Waals surface area contributed by atoms with Crippen molar-refractivity contribution in [3.8, 4) is 0 Å². The molecule has 0 aliphatic rings. The van der Waals surface area contributed by atoms with E-state index in [1.165, 1.54) is 0 Å². The molecule has 0 saturated carbocycles. The molecule has 0 amide bonds. The Balaban J connectivity index is 2.40. The third kappa shape index (κ3) is 2.43.